The van der Waals surface area contributed by atoms with Crippen LogP contribution in [-0.2, 0) is 9.53 Å². The van der Waals surface area contributed by atoms with Crippen molar-refractivity contribution >= 4 is 17.6 Å². The highest BCUT2D eigenvalue weighted by Crippen LogP contribution is 2.23. The number of rotatable bonds is 5. The van der Waals surface area contributed by atoms with Gasteiger partial charge in [-0.15, -0.1) is 0 Å². The Labute approximate surface area is 148 Å². The molecule has 0 aromatic heterocycles. The quantitative estimate of drug-likeness (QED) is 0.840. The normalized spacial score (nSPS) is 11.6. The van der Waals surface area contributed by atoms with Gasteiger partial charge in [0.1, 0.15) is 5.75 Å². The zero-order chi connectivity index (χ0) is 18.6. The van der Waals surface area contributed by atoms with Crippen LogP contribution in [0.5, 0.6) is 5.75 Å². The minimum atomic E-state index is -0.653. The Morgan fingerprint density at radius 1 is 1.04 bits per heavy atom. The lowest BCUT2D eigenvalue weighted by Gasteiger charge is -2.18. The molecule has 0 aliphatic carbocycles. The second-order valence-electron chi connectivity index (χ2n) is 5.97. The molecule has 0 aliphatic rings. The minimum Gasteiger partial charge on any atom is -0.481 e. The summed E-state index contributed by atoms with van der Waals surface area (Å²) in [5, 5.41) is 2.83. The standard InChI is InChI=1S/C20H23NO4/c1-12-7-6-8-18(14(12)3)25-15(4)19(22)21-17-10-9-16(11-13(17)2)20(23)24-5/h6-11,15H,1-5H3,(H,21,22). The van der Waals surface area contributed by atoms with Crippen LogP contribution in [0.25, 0.3) is 0 Å². The van der Waals surface area contributed by atoms with Crippen molar-refractivity contribution in [3.63, 3.8) is 0 Å². The van der Waals surface area contributed by atoms with E-state index in [4.69, 9.17) is 9.47 Å². The van der Waals surface area contributed by atoms with Gasteiger partial charge in [-0.3, -0.25) is 4.79 Å². The van der Waals surface area contributed by atoms with Crippen LogP contribution in [0.4, 0.5) is 5.69 Å². The predicted molar refractivity (Wildman–Crippen MR) is 97.2 cm³/mol. The number of carbonyl (C=O) groups is 2. The maximum Gasteiger partial charge on any atom is 0.337 e. The second kappa shape index (κ2) is 7.83. The minimum absolute atomic E-state index is 0.255. The van der Waals surface area contributed by atoms with Gasteiger partial charge in [0.05, 0.1) is 12.7 Å². The number of carbonyl (C=O) groups excluding carboxylic acids is 2. The van der Waals surface area contributed by atoms with Crippen LogP contribution in [-0.4, -0.2) is 25.1 Å². The lowest BCUT2D eigenvalue weighted by Crippen LogP contribution is -2.30. The number of esters is 1. The summed E-state index contributed by atoms with van der Waals surface area (Å²) in [6.07, 6.45) is -0.653. The molecule has 2 aromatic carbocycles. The van der Waals surface area contributed by atoms with E-state index in [1.54, 1.807) is 25.1 Å². The van der Waals surface area contributed by atoms with E-state index in [0.717, 1.165) is 16.7 Å². The molecule has 0 saturated carbocycles. The molecule has 0 heterocycles. The van der Waals surface area contributed by atoms with Crippen LogP contribution in [0, 0.1) is 20.8 Å². The molecule has 0 aliphatic heterocycles. The van der Waals surface area contributed by atoms with Crippen molar-refractivity contribution in [1.82, 2.24) is 0 Å². The third-order valence-electron chi connectivity index (χ3n) is 4.13. The molecule has 5 heteroatoms. The number of amides is 1. The largest absolute Gasteiger partial charge is 0.481 e. The smallest absolute Gasteiger partial charge is 0.337 e. The first-order valence-electron chi connectivity index (χ1n) is 8.06. The fraction of sp³-hybridized carbons (Fsp3) is 0.300. The number of methoxy groups -OCH3 is 1. The molecule has 0 saturated heterocycles. The summed E-state index contributed by atoms with van der Waals surface area (Å²) in [5.41, 5.74) is 3.97. The molecule has 0 bridgehead atoms. The Morgan fingerprint density at radius 2 is 1.76 bits per heavy atom. The average Bonchev–Trinajstić information content (AvgIpc) is 2.59. The van der Waals surface area contributed by atoms with E-state index >= 15 is 0 Å². The first-order chi connectivity index (χ1) is 11.8. The van der Waals surface area contributed by atoms with E-state index in [-0.39, 0.29) is 5.91 Å². The van der Waals surface area contributed by atoms with Crippen molar-refractivity contribution in [1.29, 1.82) is 0 Å². The molecule has 0 radical (unpaired) electrons. The van der Waals surface area contributed by atoms with Gasteiger partial charge in [0, 0.05) is 5.69 Å². The van der Waals surface area contributed by atoms with E-state index in [1.807, 2.05) is 39.0 Å². The molecule has 1 unspecified atom stereocenters. The van der Waals surface area contributed by atoms with E-state index in [2.05, 4.69) is 5.32 Å². The number of anilines is 1. The van der Waals surface area contributed by atoms with Crippen LogP contribution >= 0.6 is 0 Å². The molecular weight excluding hydrogens is 318 g/mol. The zero-order valence-electron chi connectivity index (χ0n) is 15.2. The number of benzene rings is 2. The van der Waals surface area contributed by atoms with Gasteiger partial charge in [0.2, 0.25) is 0 Å². The third-order valence-corrected chi connectivity index (χ3v) is 4.13. The Hall–Kier alpha value is -2.82. The molecule has 25 heavy (non-hydrogen) atoms. The Kier molecular flexibility index (Phi) is 5.80. The summed E-state index contributed by atoms with van der Waals surface area (Å²) in [6.45, 7) is 7.48. The average molecular weight is 341 g/mol. The molecule has 0 fully saturated rings. The number of hydrogen-bond donors (Lipinski definition) is 1. The lowest BCUT2D eigenvalue weighted by molar-refractivity contribution is -0.122. The first kappa shape index (κ1) is 18.5. The lowest BCUT2D eigenvalue weighted by atomic mass is 10.1. The van der Waals surface area contributed by atoms with Crippen LogP contribution in [0.15, 0.2) is 36.4 Å². The Balaban J connectivity index is 2.08. The summed E-state index contributed by atoms with van der Waals surface area (Å²) < 4.78 is 10.5. The molecule has 1 atom stereocenters. The monoisotopic (exact) mass is 341 g/mol. The van der Waals surface area contributed by atoms with Crippen LogP contribution in [0.2, 0.25) is 0 Å². The molecule has 0 spiro atoms. The molecular formula is C20H23NO4. The highest BCUT2D eigenvalue weighted by Gasteiger charge is 2.17. The molecule has 2 aromatic rings. The van der Waals surface area contributed by atoms with Gasteiger partial charge in [-0.05, 0) is 68.7 Å². The zero-order valence-corrected chi connectivity index (χ0v) is 15.2. The van der Waals surface area contributed by atoms with Crippen molar-refractivity contribution < 1.29 is 19.1 Å². The predicted octanol–water partition coefficient (Wildman–Crippen LogP) is 3.80. The molecule has 1 N–H and O–H groups in total. The number of aryl methyl sites for hydroxylation is 2. The van der Waals surface area contributed by atoms with Crippen molar-refractivity contribution in [2.45, 2.75) is 33.8 Å². The maximum atomic E-state index is 12.4. The van der Waals surface area contributed by atoms with Crippen molar-refractivity contribution in [3.05, 3.63) is 58.7 Å². The fourth-order valence-electron chi connectivity index (χ4n) is 2.38. The second-order valence-corrected chi connectivity index (χ2v) is 5.97. The van der Waals surface area contributed by atoms with Gasteiger partial charge in [-0.25, -0.2) is 4.79 Å². The Bertz CT molecular complexity index is 798. The van der Waals surface area contributed by atoms with E-state index < -0.39 is 12.1 Å². The molecule has 1 amide bonds. The topological polar surface area (TPSA) is 64.6 Å². The van der Waals surface area contributed by atoms with E-state index in [0.29, 0.717) is 17.0 Å². The van der Waals surface area contributed by atoms with Gasteiger partial charge in [0.25, 0.3) is 5.91 Å². The SMILES string of the molecule is COC(=O)c1ccc(NC(=O)C(C)Oc2cccc(C)c2C)c(C)c1. The van der Waals surface area contributed by atoms with Crippen molar-refractivity contribution in [3.8, 4) is 5.75 Å². The Morgan fingerprint density at radius 3 is 2.40 bits per heavy atom. The van der Waals surface area contributed by atoms with Crippen LogP contribution in [0.3, 0.4) is 0 Å². The first-order valence-corrected chi connectivity index (χ1v) is 8.06. The fourth-order valence-corrected chi connectivity index (χ4v) is 2.38. The summed E-state index contributed by atoms with van der Waals surface area (Å²) in [7, 11) is 1.33. The highest BCUT2D eigenvalue weighted by molar-refractivity contribution is 5.96. The highest BCUT2D eigenvalue weighted by atomic mass is 16.5. The number of ether oxygens (including phenoxy) is 2. The number of hydrogen-bond acceptors (Lipinski definition) is 4. The van der Waals surface area contributed by atoms with Crippen LogP contribution < -0.4 is 10.1 Å². The summed E-state index contributed by atoms with van der Waals surface area (Å²) in [6, 6.07) is 10.7. The van der Waals surface area contributed by atoms with E-state index in [1.165, 1.54) is 7.11 Å². The summed E-state index contributed by atoms with van der Waals surface area (Å²) in [5.74, 6) is 0.0304. The summed E-state index contributed by atoms with van der Waals surface area (Å²) >= 11 is 0. The van der Waals surface area contributed by atoms with E-state index in [9.17, 15) is 9.59 Å². The third kappa shape index (κ3) is 4.38. The van der Waals surface area contributed by atoms with Gasteiger partial charge >= 0.3 is 5.97 Å². The van der Waals surface area contributed by atoms with Gasteiger partial charge in [-0.2, -0.15) is 0 Å². The molecule has 5 nitrogen and oxygen atoms in total. The van der Waals surface area contributed by atoms with Crippen molar-refractivity contribution in [2.75, 3.05) is 12.4 Å². The van der Waals surface area contributed by atoms with Crippen LogP contribution in [0.1, 0.15) is 34.0 Å². The molecule has 2 rings (SSSR count). The van der Waals surface area contributed by atoms with Gasteiger partial charge in [-0.1, -0.05) is 12.1 Å². The maximum absolute atomic E-state index is 12.4. The van der Waals surface area contributed by atoms with Gasteiger partial charge < -0.3 is 14.8 Å². The van der Waals surface area contributed by atoms with Gasteiger partial charge in [0.15, 0.2) is 6.10 Å². The summed E-state index contributed by atoms with van der Waals surface area (Å²) in [4.78, 5) is 24.0. The molecule has 132 valence electrons. The number of nitrogens with one attached hydrogen (secondary N) is 1. The van der Waals surface area contributed by atoms with Crippen molar-refractivity contribution in [2.24, 2.45) is 0 Å².